The number of halogens is 2. The summed E-state index contributed by atoms with van der Waals surface area (Å²) in [7, 11) is 0. The zero-order valence-electron chi connectivity index (χ0n) is 17.7. The lowest BCUT2D eigenvalue weighted by Gasteiger charge is -2.26. The maximum Gasteiger partial charge on any atom is 0.286 e. The minimum absolute atomic E-state index is 0.0570. The molecule has 2 heterocycles. The summed E-state index contributed by atoms with van der Waals surface area (Å²) >= 11 is 12.7. The summed E-state index contributed by atoms with van der Waals surface area (Å²) in [4.78, 5) is 18.2. The SMILES string of the molecule is CC(C)c1c(C(=O)NN2CCCCC2)nc(-c2ccccc2Cl)n1-c1ccc(Cl)cc1. The zero-order chi connectivity index (χ0) is 22.0. The average Bonchev–Trinajstić information content (AvgIpc) is 3.16. The Morgan fingerprint density at radius 3 is 2.32 bits per heavy atom. The molecule has 0 radical (unpaired) electrons. The molecule has 31 heavy (non-hydrogen) atoms. The number of aromatic nitrogens is 2. The van der Waals surface area contributed by atoms with Crippen LogP contribution in [-0.2, 0) is 0 Å². The smallest absolute Gasteiger partial charge is 0.286 e. The number of imidazole rings is 1. The Labute approximate surface area is 193 Å². The lowest BCUT2D eigenvalue weighted by atomic mass is 10.1. The fraction of sp³-hybridized carbons (Fsp3) is 0.333. The van der Waals surface area contributed by atoms with Crippen molar-refractivity contribution in [2.75, 3.05) is 13.1 Å². The highest BCUT2D eigenvalue weighted by atomic mass is 35.5. The minimum atomic E-state index is -0.188. The van der Waals surface area contributed by atoms with E-state index in [0.29, 0.717) is 21.6 Å². The summed E-state index contributed by atoms with van der Waals surface area (Å²) in [6, 6.07) is 15.1. The van der Waals surface area contributed by atoms with E-state index >= 15 is 0 Å². The number of carbonyl (C=O) groups is 1. The van der Waals surface area contributed by atoms with E-state index in [0.717, 1.165) is 42.9 Å². The number of nitrogens with one attached hydrogen (secondary N) is 1. The van der Waals surface area contributed by atoms with Gasteiger partial charge in [0.2, 0.25) is 0 Å². The number of hydrogen-bond donors (Lipinski definition) is 1. The zero-order valence-corrected chi connectivity index (χ0v) is 19.2. The van der Waals surface area contributed by atoms with E-state index in [1.165, 1.54) is 6.42 Å². The third kappa shape index (κ3) is 4.64. The van der Waals surface area contributed by atoms with Gasteiger partial charge in [-0.3, -0.25) is 14.8 Å². The summed E-state index contributed by atoms with van der Waals surface area (Å²) in [6.45, 7) is 5.85. The molecule has 0 unspecified atom stereocenters. The Morgan fingerprint density at radius 2 is 1.68 bits per heavy atom. The second kappa shape index (κ2) is 9.43. The van der Waals surface area contributed by atoms with Crippen LogP contribution in [0.5, 0.6) is 0 Å². The number of nitrogens with zero attached hydrogens (tertiary/aromatic N) is 3. The van der Waals surface area contributed by atoms with E-state index in [9.17, 15) is 4.79 Å². The van der Waals surface area contributed by atoms with Crippen LogP contribution in [-0.4, -0.2) is 33.6 Å². The fourth-order valence-electron chi connectivity index (χ4n) is 4.01. The maximum atomic E-state index is 13.3. The topological polar surface area (TPSA) is 50.2 Å². The fourth-order valence-corrected chi connectivity index (χ4v) is 4.36. The predicted octanol–water partition coefficient (Wildman–Crippen LogP) is 6.10. The van der Waals surface area contributed by atoms with E-state index in [2.05, 4.69) is 19.3 Å². The van der Waals surface area contributed by atoms with Crippen molar-refractivity contribution in [2.24, 2.45) is 0 Å². The number of hydrazine groups is 1. The average molecular weight is 457 g/mol. The van der Waals surface area contributed by atoms with Gasteiger partial charge in [0, 0.05) is 29.4 Å². The molecule has 1 aromatic heterocycles. The molecule has 1 fully saturated rings. The lowest BCUT2D eigenvalue weighted by Crippen LogP contribution is -2.45. The third-order valence-electron chi connectivity index (χ3n) is 5.49. The van der Waals surface area contributed by atoms with E-state index in [1.807, 2.05) is 58.1 Å². The van der Waals surface area contributed by atoms with Crippen LogP contribution in [0.15, 0.2) is 48.5 Å². The first-order valence-corrected chi connectivity index (χ1v) is 11.4. The Morgan fingerprint density at radius 1 is 1.00 bits per heavy atom. The molecule has 0 atom stereocenters. The molecule has 3 aromatic rings. The number of rotatable bonds is 5. The van der Waals surface area contributed by atoms with Gasteiger partial charge < -0.3 is 0 Å². The molecule has 0 spiro atoms. The van der Waals surface area contributed by atoms with Crippen molar-refractivity contribution in [3.05, 3.63) is 70.0 Å². The highest BCUT2D eigenvalue weighted by molar-refractivity contribution is 6.33. The quantitative estimate of drug-likeness (QED) is 0.504. The van der Waals surface area contributed by atoms with Crippen LogP contribution in [0.3, 0.4) is 0 Å². The van der Waals surface area contributed by atoms with Crippen LogP contribution in [0.2, 0.25) is 10.0 Å². The number of carbonyl (C=O) groups excluding carboxylic acids is 1. The van der Waals surface area contributed by atoms with Gasteiger partial charge in [0.25, 0.3) is 5.91 Å². The molecule has 1 aliphatic heterocycles. The third-order valence-corrected chi connectivity index (χ3v) is 6.07. The van der Waals surface area contributed by atoms with Crippen LogP contribution in [0.1, 0.15) is 55.2 Å². The first-order valence-electron chi connectivity index (χ1n) is 10.6. The van der Waals surface area contributed by atoms with Crippen molar-refractivity contribution in [3.8, 4) is 17.1 Å². The molecule has 0 bridgehead atoms. The molecule has 0 saturated carbocycles. The van der Waals surface area contributed by atoms with Crippen LogP contribution in [0, 0.1) is 0 Å². The molecule has 1 N–H and O–H groups in total. The molecule has 1 amide bonds. The summed E-state index contributed by atoms with van der Waals surface area (Å²) in [5.74, 6) is 0.508. The number of hydrogen-bond acceptors (Lipinski definition) is 3. The first kappa shape index (κ1) is 21.9. The Kier molecular flexibility index (Phi) is 6.65. The second-order valence-electron chi connectivity index (χ2n) is 8.10. The molecule has 1 aliphatic rings. The van der Waals surface area contributed by atoms with Crippen molar-refractivity contribution in [3.63, 3.8) is 0 Å². The number of piperidine rings is 1. The predicted molar refractivity (Wildman–Crippen MR) is 126 cm³/mol. The van der Waals surface area contributed by atoms with Crippen molar-refractivity contribution >= 4 is 29.1 Å². The van der Waals surface area contributed by atoms with Gasteiger partial charge in [-0.25, -0.2) is 9.99 Å². The van der Waals surface area contributed by atoms with Crippen molar-refractivity contribution in [1.29, 1.82) is 0 Å². The molecule has 1 saturated heterocycles. The van der Waals surface area contributed by atoms with Gasteiger partial charge in [-0.2, -0.15) is 0 Å². The van der Waals surface area contributed by atoms with Gasteiger partial charge in [-0.15, -0.1) is 0 Å². The standard InChI is InChI=1S/C24H26Cl2N4O/c1-16(2)22-21(24(31)28-29-14-6-3-7-15-29)27-23(19-8-4-5-9-20(19)26)30(22)18-12-10-17(25)11-13-18/h4-5,8-13,16H,3,6-7,14-15H2,1-2H3,(H,28,31). The lowest BCUT2D eigenvalue weighted by molar-refractivity contribution is 0.0743. The highest BCUT2D eigenvalue weighted by Crippen LogP contribution is 2.34. The maximum absolute atomic E-state index is 13.3. The van der Waals surface area contributed by atoms with Crippen molar-refractivity contribution in [2.45, 2.75) is 39.0 Å². The van der Waals surface area contributed by atoms with Gasteiger partial charge in [0.1, 0.15) is 5.82 Å². The van der Waals surface area contributed by atoms with Gasteiger partial charge in [0.15, 0.2) is 5.69 Å². The van der Waals surface area contributed by atoms with E-state index in [1.54, 1.807) is 0 Å². The molecular formula is C24H26Cl2N4O. The molecule has 0 aliphatic carbocycles. The summed E-state index contributed by atoms with van der Waals surface area (Å²) in [5.41, 5.74) is 5.98. The van der Waals surface area contributed by atoms with Gasteiger partial charge in [0.05, 0.1) is 10.7 Å². The summed E-state index contributed by atoms with van der Waals surface area (Å²) < 4.78 is 2.02. The molecule has 5 nitrogen and oxygen atoms in total. The van der Waals surface area contributed by atoms with Crippen LogP contribution in [0.25, 0.3) is 17.1 Å². The number of amides is 1. The van der Waals surface area contributed by atoms with E-state index in [-0.39, 0.29) is 11.8 Å². The van der Waals surface area contributed by atoms with Crippen LogP contribution in [0.4, 0.5) is 0 Å². The van der Waals surface area contributed by atoms with Crippen molar-refractivity contribution < 1.29 is 4.79 Å². The van der Waals surface area contributed by atoms with Crippen molar-refractivity contribution in [1.82, 2.24) is 20.0 Å². The normalized spacial score (nSPS) is 14.7. The largest absolute Gasteiger partial charge is 0.296 e. The number of benzene rings is 2. The molecule has 4 rings (SSSR count). The monoisotopic (exact) mass is 456 g/mol. The molecule has 162 valence electrons. The summed E-state index contributed by atoms with van der Waals surface area (Å²) in [6.07, 6.45) is 3.37. The minimum Gasteiger partial charge on any atom is -0.296 e. The van der Waals surface area contributed by atoms with Crippen LogP contribution < -0.4 is 5.43 Å². The molecular weight excluding hydrogens is 431 g/mol. The van der Waals surface area contributed by atoms with Crippen LogP contribution >= 0.6 is 23.2 Å². The second-order valence-corrected chi connectivity index (χ2v) is 8.95. The van der Waals surface area contributed by atoms with Gasteiger partial charge in [-0.05, 0) is 55.2 Å². The van der Waals surface area contributed by atoms with Gasteiger partial charge in [-0.1, -0.05) is 55.6 Å². The molecule has 7 heteroatoms. The highest BCUT2D eigenvalue weighted by Gasteiger charge is 2.28. The first-order chi connectivity index (χ1) is 15.0. The molecule has 2 aromatic carbocycles. The van der Waals surface area contributed by atoms with Gasteiger partial charge >= 0.3 is 0 Å². The Hall–Kier alpha value is -2.34. The Bertz CT molecular complexity index is 1070. The summed E-state index contributed by atoms with van der Waals surface area (Å²) in [5, 5.41) is 3.23. The van der Waals surface area contributed by atoms with E-state index in [4.69, 9.17) is 28.2 Å². The van der Waals surface area contributed by atoms with E-state index < -0.39 is 0 Å². The Balaban J connectivity index is 1.87.